The maximum atomic E-state index is 6.21. The molecule has 0 aliphatic heterocycles. The number of allylic oxidation sites excluding steroid dienone is 1. The molecule has 2 nitrogen and oxygen atoms in total. The van der Waals surface area contributed by atoms with E-state index in [9.17, 15) is 0 Å². The summed E-state index contributed by atoms with van der Waals surface area (Å²) in [5, 5.41) is 6.24. The molecule has 0 saturated carbocycles. The number of benzene rings is 1. The zero-order valence-corrected chi connectivity index (χ0v) is 12.7. The van der Waals surface area contributed by atoms with Gasteiger partial charge in [0, 0.05) is 16.9 Å². The molecule has 18 heavy (non-hydrogen) atoms. The van der Waals surface area contributed by atoms with Gasteiger partial charge in [-0.25, -0.2) is 0 Å². The molecule has 0 unspecified atom stereocenters. The first-order valence-corrected chi connectivity index (χ1v) is 7.29. The van der Waals surface area contributed by atoms with Crippen molar-refractivity contribution in [1.29, 1.82) is 0 Å². The molecule has 0 spiro atoms. The SMILES string of the molecule is CC/C=C(/CN)C(C)(C)c1ccc(SN)c(Cl)c1. The van der Waals surface area contributed by atoms with Crippen LogP contribution in [-0.4, -0.2) is 6.54 Å². The van der Waals surface area contributed by atoms with Crippen LogP contribution in [0.4, 0.5) is 0 Å². The van der Waals surface area contributed by atoms with E-state index in [0.29, 0.717) is 11.6 Å². The first kappa shape index (κ1) is 15.6. The molecule has 1 aromatic rings. The van der Waals surface area contributed by atoms with Crippen molar-refractivity contribution in [3.63, 3.8) is 0 Å². The molecule has 0 heterocycles. The minimum Gasteiger partial charge on any atom is -0.327 e. The first-order valence-electron chi connectivity index (χ1n) is 6.03. The summed E-state index contributed by atoms with van der Waals surface area (Å²) < 4.78 is 0. The molecule has 1 rings (SSSR count). The Morgan fingerprint density at radius 3 is 2.56 bits per heavy atom. The fourth-order valence-corrected chi connectivity index (χ4v) is 2.64. The molecule has 0 aromatic heterocycles. The average molecular weight is 285 g/mol. The molecule has 0 saturated heterocycles. The van der Waals surface area contributed by atoms with E-state index in [0.717, 1.165) is 16.9 Å². The van der Waals surface area contributed by atoms with Crippen molar-refractivity contribution in [3.05, 3.63) is 40.4 Å². The van der Waals surface area contributed by atoms with E-state index >= 15 is 0 Å². The fraction of sp³-hybridized carbons (Fsp3) is 0.429. The Kier molecular flexibility index (Phi) is 5.73. The van der Waals surface area contributed by atoms with Crippen molar-refractivity contribution < 1.29 is 0 Å². The number of rotatable bonds is 5. The van der Waals surface area contributed by atoms with E-state index < -0.39 is 0 Å². The maximum Gasteiger partial charge on any atom is 0.0557 e. The lowest BCUT2D eigenvalue weighted by atomic mass is 9.77. The highest BCUT2D eigenvalue weighted by atomic mass is 35.5. The summed E-state index contributed by atoms with van der Waals surface area (Å²) in [6.45, 7) is 7.02. The van der Waals surface area contributed by atoms with E-state index in [4.69, 9.17) is 22.5 Å². The molecule has 0 aliphatic carbocycles. The van der Waals surface area contributed by atoms with Crippen LogP contribution in [0, 0.1) is 0 Å². The molecule has 0 radical (unpaired) electrons. The highest BCUT2D eigenvalue weighted by Gasteiger charge is 2.25. The van der Waals surface area contributed by atoms with Crippen LogP contribution in [0.3, 0.4) is 0 Å². The normalized spacial score (nSPS) is 12.9. The predicted octanol–water partition coefficient (Wildman–Crippen LogP) is 3.88. The van der Waals surface area contributed by atoms with Gasteiger partial charge in [-0.15, -0.1) is 0 Å². The zero-order chi connectivity index (χ0) is 13.8. The smallest absolute Gasteiger partial charge is 0.0557 e. The molecule has 100 valence electrons. The van der Waals surface area contributed by atoms with E-state index in [-0.39, 0.29) is 5.41 Å². The van der Waals surface area contributed by atoms with Gasteiger partial charge in [-0.3, -0.25) is 5.14 Å². The standard InChI is InChI=1S/C14H21ClN2S/c1-4-5-11(9-16)14(2,3)10-6-7-13(18-17)12(15)8-10/h5-8H,4,9,16-17H2,1-3H3/b11-5-. The van der Waals surface area contributed by atoms with Gasteiger partial charge in [-0.05, 0) is 36.1 Å². The van der Waals surface area contributed by atoms with Crippen LogP contribution in [0.1, 0.15) is 32.8 Å². The third-order valence-electron chi connectivity index (χ3n) is 3.25. The van der Waals surface area contributed by atoms with Gasteiger partial charge in [0.1, 0.15) is 0 Å². The van der Waals surface area contributed by atoms with Crippen LogP contribution in [0.25, 0.3) is 0 Å². The summed E-state index contributed by atoms with van der Waals surface area (Å²) in [5.74, 6) is 0. The Bertz CT molecular complexity index is 441. The number of hydrogen-bond donors (Lipinski definition) is 2. The molecule has 0 atom stereocenters. The molecule has 4 heteroatoms. The van der Waals surface area contributed by atoms with Crippen molar-refractivity contribution in [2.75, 3.05) is 6.54 Å². The van der Waals surface area contributed by atoms with Crippen molar-refractivity contribution in [2.24, 2.45) is 10.9 Å². The second-order valence-electron chi connectivity index (χ2n) is 4.73. The van der Waals surface area contributed by atoms with Gasteiger partial charge in [0.25, 0.3) is 0 Å². The van der Waals surface area contributed by atoms with Gasteiger partial charge in [-0.1, -0.05) is 50.1 Å². The zero-order valence-electron chi connectivity index (χ0n) is 11.2. The van der Waals surface area contributed by atoms with Crippen LogP contribution >= 0.6 is 23.5 Å². The van der Waals surface area contributed by atoms with Gasteiger partial charge < -0.3 is 5.73 Å². The van der Waals surface area contributed by atoms with Gasteiger partial charge >= 0.3 is 0 Å². The van der Waals surface area contributed by atoms with Crippen LogP contribution in [-0.2, 0) is 5.41 Å². The number of halogens is 1. The molecular formula is C14H21ClN2S. The molecule has 1 aromatic carbocycles. The number of hydrogen-bond acceptors (Lipinski definition) is 3. The van der Waals surface area contributed by atoms with Gasteiger partial charge in [0.15, 0.2) is 0 Å². The van der Waals surface area contributed by atoms with Gasteiger partial charge in [0.05, 0.1) is 5.02 Å². The highest BCUT2D eigenvalue weighted by Crippen LogP contribution is 2.35. The van der Waals surface area contributed by atoms with Crippen LogP contribution in [0.15, 0.2) is 34.7 Å². The number of nitrogens with two attached hydrogens (primary N) is 2. The van der Waals surface area contributed by atoms with Crippen LogP contribution in [0.5, 0.6) is 0 Å². The second-order valence-corrected chi connectivity index (χ2v) is 5.81. The summed E-state index contributed by atoms with van der Waals surface area (Å²) in [7, 11) is 0. The molecule has 0 bridgehead atoms. The monoisotopic (exact) mass is 284 g/mol. The minimum absolute atomic E-state index is 0.105. The minimum atomic E-state index is -0.105. The summed E-state index contributed by atoms with van der Waals surface area (Å²) in [6.07, 6.45) is 3.18. The second kappa shape index (κ2) is 6.62. The van der Waals surface area contributed by atoms with E-state index in [2.05, 4.69) is 32.9 Å². The lowest BCUT2D eigenvalue weighted by Gasteiger charge is -2.29. The topological polar surface area (TPSA) is 52.0 Å². The molecule has 4 N–H and O–H groups in total. The van der Waals surface area contributed by atoms with E-state index in [1.165, 1.54) is 17.5 Å². The summed E-state index contributed by atoms with van der Waals surface area (Å²) in [6, 6.07) is 6.01. The average Bonchev–Trinajstić information content (AvgIpc) is 2.35. The van der Waals surface area contributed by atoms with Crippen LogP contribution in [0.2, 0.25) is 5.02 Å². The Hall–Kier alpha value is -0.480. The summed E-state index contributed by atoms with van der Waals surface area (Å²) >= 11 is 7.38. The Morgan fingerprint density at radius 1 is 1.44 bits per heavy atom. The van der Waals surface area contributed by atoms with Crippen molar-refractivity contribution >= 4 is 23.5 Å². The van der Waals surface area contributed by atoms with Crippen molar-refractivity contribution in [2.45, 2.75) is 37.5 Å². The maximum absolute atomic E-state index is 6.21. The predicted molar refractivity (Wildman–Crippen MR) is 82.0 cm³/mol. The first-order chi connectivity index (χ1) is 8.47. The van der Waals surface area contributed by atoms with Crippen molar-refractivity contribution in [3.8, 4) is 0 Å². The third-order valence-corrected chi connectivity index (χ3v) is 4.29. The fourth-order valence-electron chi connectivity index (χ4n) is 2.01. The molecule has 0 aliphatic rings. The Labute approximate surface area is 119 Å². The Morgan fingerprint density at radius 2 is 2.11 bits per heavy atom. The van der Waals surface area contributed by atoms with Crippen molar-refractivity contribution in [1.82, 2.24) is 0 Å². The van der Waals surface area contributed by atoms with E-state index in [1.807, 2.05) is 12.1 Å². The lowest BCUT2D eigenvalue weighted by Crippen LogP contribution is -2.25. The lowest BCUT2D eigenvalue weighted by molar-refractivity contribution is 0.606. The van der Waals surface area contributed by atoms with Gasteiger partial charge in [-0.2, -0.15) is 0 Å². The van der Waals surface area contributed by atoms with Gasteiger partial charge in [0.2, 0.25) is 0 Å². The molecular weight excluding hydrogens is 264 g/mol. The summed E-state index contributed by atoms with van der Waals surface area (Å²) in [4.78, 5) is 0.894. The van der Waals surface area contributed by atoms with E-state index in [1.54, 1.807) is 0 Å². The Balaban J connectivity index is 3.19. The van der Waals surface area contributed by atoms with Crippen LogP contribution < -0.4 is 10.9 Å². The quantitative estimate of drug-likeness (QED) is 0.637. The molecule has 0 fully saturated rings. The highest BCUT2D eigenvalue weighted by molar-refractivity contribution is 7.97. The molecule has 0 amide bonds. The largest absolute Gasteiger partial charge is 0.327 e. The third kappa shape index (κ3) is 3.29. The summed E-state index contributed by atoms with van der Waals surface area (Å²) in [5.41, 5.74) is 8.14.